The van der Waals surface area contributed by atoms with E-state index < -0.39 is 32.5 Å². The number of hydrogen-bond acceptors (Lipinski definition) is 7. The second-order valence-corrected chi connectivity index (χ2v) is 13.2. The first kappa shape index (κ1) is 31.4. The highest BCUT2D eigenvalue weighted by Gasteiger charge is 2.27. The number of sulfonamides is 2. The smallest absolute Gasteiger partial charge is 0.264 e. The van der Waals surface area contributed by atoms with Crippen LogP contribution in [-0.2, 0) is 24.8 Å². The Morgan fingerprint density at radius 3 is 2.00 bits per heavy atom. The first-order valence-electron chi connectivity index (χ1n) is 13.3. The Bertz CT molecular complexity index is 1790. The van der Waals surface area contributed by atoms with Crippen molar-refractivity contribution in [2.24, 2.45) is 0 Å². The van der Waals surface area contributed by atoms with Crippen LogP contribution in [0.2, 0.25) is 0 Å². The topological polar surface area (TPSA) is 131 Å². The molecule has 0 aliphatic rings. The Kier molecular flexibility index (Phi) is 9.62. The fourth-order valence-electron chi connectivity index (χ4n) is 4.18. The second-order valence-electron chi connectivity index (χ2n) is 9.63. The van der Waals surface area contributed by atoms with E-state index in [9.17, 15) is 21.6 Å². The van der Waals surface area contributed by atoms with E-state index in [4.69, 9.17) is 9.47 Å². The van der Waals surface area contributed by atoms with Crippen LogP contribution >= 0.6 is 0 Å². The fraction of sp³-hybridized carbons (Fsp3) is 0.194. The van der Waals surface area contributed by atoms with Gasteiger partial charge in [0.25, 0.3) is 20.0 Å². The quantitative estimate of drug-likeness (QED) is 0.218. The zero-order chi connectivity index (χ0) is 31.2. The SMILES string of the molecule is CCOc1ccc(N(CC(=O)Nc2ccc(S(=O)(=O)Nc3cc(C)ccc3OC)cc2)S(=O)(=O)c2ccc(C)cc2)cc1. The zero-order valence-electron chi connectivity index (χ0n) is 24.2. The molecular weight excluding hydrogens is 590 g/mol. The molecular formula is C31H33N3O7S2. The number of nitrogens with one attached hydrogen (secondary N) is 2. The van der Waals surface area contributed by atoms with E-state index in [2.05, 4.69) is 10.0 Å². The number of carbonyl (C=O) groups is 1. The summed E-state index contributed by atoms with van der Waals surface area (Å²) >= 11 is 0. The summed E-state index contributed by atoms with van der Waals surface area (Å²) in [5, 5.41) is 2.66. The summed E-state index contributed by atoms with van der Waals surface area (Å²) < 4.78 is 67.6. The van der Waals surface area contributed by atoms with E-state index >= 15 is 0 Å². The largest absolute Gasteiger partial charge is 0.495 e. The molecule has 1 amide bonds. The average Bonchev–Trinajstić information content (AvgIpc) is 2.97. The molecule has 4 aromatic rings. The number of carbonyl (C=O) groups excluding carboxylic acids is 1. The molecule has 12 heteroatoms. The normalized spacial score (nSPS) is 11.4. The molecule has 0 aromatic heterocycles. The molecule has 0 unspecified atom stereocenters. The maximum absolute atomic E-state index is 13.6. The van der Waals surface area contributed by atoms with Crippen molar-refractivity contribution in [3.63, 3.8) is 0 Å². The van der Waals surface area contributed by atoms with Gasteiger partial charge in [-0.15, -0.1) is 0 Å². The molecule has 0 heterocycles. The van der Waals surface area contributed by atoms with E-state index in [1.165, 1.54) is 43.5 Å². The van der Waals surface area contributed by atoms with Crippen LogP contribution < -0.4 is 23.8 Å². The average molecular weight is 624 g/mol. The van der Waals surface area contributed by atoms with Crippen LogP contribution in [0.15, 0.2) is 101 Å². The summed E-state index contributed by atoms with van der Waals surface area (Å²) in [5.74, 6) is 0.312. The first-order valence-corrected chi connectivity index (χ1v) is 16.2. The van der Waals surface area contributed by atoms with E-state index in [0.29, 0.717) is 23.8 Å². The van der Waals surface area contributed by atoms with Crippen molar-refractivity contribution < 1.29 is 31.1 Å². The van der Waals surface area contributed by atoms with Gasteiger partial charge in [-0.05, 0) is 99.1 Å². The van der Waals surface area contributed by atoms with Gasteiger partial charge in [-0.3, -0.25) is 13.8 Å². The lowest BCUT2D eigenvalue weighted by Crippen LogP contribution is -2.38. The van der Waals surface area contributed by atoms with E-state index in [1.54, 1.807) is 54.6 Å². The third kappa shape index (κ3) is 7.65. The van der Waals surface area contributed by atoms with Crippen molar-refractivity contribution in [2.75, 3.05) is 34.6 Å². The lowest BCUT2D eigenvalue weighted by molar-refractivity contribution is -0.114. The minimum Gasteiger partial charge on any atom is -0.495 e. The van der Waals surface area contributed by atoms with Gasteiger partial charge < -0.3 is 14.8 Å². The van der Waals surface area contributed by atoms with Gasteiger partial charge in [0, 0.05) is 5.69 Å². The van der Waals surface area contributed by atoms with Gasteiger partial charge in [0.15, 0.2) is 0 Å². The van der Waals surface area contributed by atoms with E-state index in [-0.39, 0.29) is 21.2 Å². The van der Waals surface area contributed by atoms with Crippen LogP contribution in [0, 0.1) is 13.8 Å². The molecule has 0 aliphatic carbocycles. The number of aryl methyl sites for hydroxylation is 2. The number of benzene rings is 4. The third-order valence-corrected chi connectivity index (χ3v) is 9.55. The van der Waals surface area contributed by atoms with E-state index in [0.717, 1.165) is 15.4 Å². The lowest BCUT2D eigenvalue weighted by atomic mass is 10.2. The molecule has 10 nitrogen and oxygen atoms in total. The summed E-state index contributed by atoms with van der Waals surface area (Å²) in [6.45, 7) is 5.44. The second kappa shape index (κ2) is 13.2. The van der Waals surface area contributed by atoms with E-state index in [1.807, 2.05) is 20.8 Å². The Morgan fingerprint density at radius 2 is 1.40 bits per heavy atom. The van der Waals surface area contributed by atoms with Crippen LogP contribution in [0.4, 0.5) is 17.1 Å². The highest BCUT2D eigenvalue weighted by Crippen LogP contribution is 2.29. The van der Waals surface area contributed by atoms with Gasteiger partial charge in [-0.2, -0.15) is 0 Å². The molecule has 4 rings (SSSR count). The fourth-order valence-corrected chi connectivity index (χ4v) is 6.66. The number of methoxy groups -OCH3 is 1. The molecule has 0 fully saturated rings. The first-order chi connectivity index (χ1) is 20.4. The van der Waals surface area contributed by atoms with Crippen molar-refractivity contribution in [3.05, 3.63) is 102 Å². The van der Waals surface area contributed by atoms with Gasteiger partial charge >= 0.3 is 0 Å². The monoisotopic (exact) mass is 623 g/mol. The van der Waals surface area contributed by atoms with Crippen LogP contribution in [-0.4, -0.2) is 43.0 Å². The summed E-state index contributed by atoms with van der Waals surface area (Å²) in [7, 11) is -6.63. The summed E-state index contributed by atoms with van der Waals surface area (Å²) in [6, 6.07) is 23.4. The number of rotatable bonds is 12. The van der Waals surface area contributed by atoms with Gasteiger partial charge in [0.05, 0.1) is 34.9 Å². The van der Waals surface area contributed by atoms with Crippen molar-refractivity contribution in [1.29, 1.82) is 0 Å². The molecule has 0 saturated carbocycles. The molecule has 0 bridgehead atoms. The highest BCUT2D eigenvalue weighted by molar-refractivity contribution is 7.93. The Morgan fingerprint density at radius 1 is 0.791 bits per heavy atom. The lowest BCUT2D eigenvalue weighted by Gasteiger charge is -2.24. The molecule has 0 aliphatic heterocycles. The van der Waals surface area contributed by atoms with Gasteiger partial charge in [-0.1, -0.05) is 23.8 Å². The van der Waals surface area contributed by atoms with Crippen LogP contribution in [0.25, 0.3) is 0 Å². The molecule has 0 saturated heterocycles. The van der Waals surface area contributed by atoms with Crippen molar-refractivity contribution in [1.82, 2.24) is 0 Å². The number of hydrogen-bond donors (Lipinski definition) is 2. The standard InChI is InChI=1S/C31H33N3O7S2/c1-5-41-26-13-11-25(12-14-26)34(43(38,39)28-15-6-22(2)7-16-28)21-31(35)32-24-9-17-27(18-10-24)42(36,37)33-29-20-23(3)8-19-30(29)40-4/h6-20,33H,5,21H2,1-4H3,(H,32,35). The molecule has 226 valence electrons. The van der Waals surface area contributed by atoms with Crippen molar-refractivity contribution >= 4 is 43.0 Å². The Hall–Kier alpha value is -4.55. The van der Waals surface area contributed by atoms with Crippen molar-refractivity contribution in [3.8, 4) is 11.5 Å². The van der Waals surface area contributed by atoms with Crippen molar-refractivity contribution in [2.45, 2.75) is 30.6 Å². The number of amides is 1. The Balaban J connectivity index is 1.54. The summed E-state index contributed by atoms with van der Waals surface area (Å²) in [6.07, 6.45) is 0. The molecule has 0 spiro atoms. The molecule has 0 radical (unpaired) electrons. The van der Waals surface area contributed by atoms with Gasteiger partial charge in [0.2, 0.25) is 5.91 Å². The predicted molar refractivity (Wildman–Crippen MR) is 167 cm³/mol. The number of ether oxygens (including phenoxy) is 2. The summed E-state index contributed by atoms with van der Waals surface area (Å²) in [4.78, 5) is 13.1. The Labute approximate surface area is 252 Å². The zero-order valence-corrected chi connectivity index (χ0v) is 25.8. The van der Waals surface area contributed by atoms with Gasteiger partial charge in [0.1, 0.15) is 18.0 Å². The van der Waals surface area contributed by atoms with Gasteiger partial charge in [-0.25, -0.2) is 16.8 Å². The van der Waals surface area contributed by atoms with Crippen LogP contribution in [0.5, 0.6) is 11.5 Å². The minimum absolute atomic E-state index is 0.0343. The highest BCUT2D eigenvalue weighted by atomic mass is 32.2. The minimum atomic E-state index is -4.11. The molecule has 43 heavy (non-hydrogen) atoms. The maximum atomic E-state index is 13.6. The summed E-state index contributed by atoms with van der Waals surface area (Å²) in [5.41, 5.74) is 2.60. The number of nitrogens with zero attached hydrogens (tertiary/aromatic N) is 1. The van der Waals surface area contributed by atoms with Crippen LogP contribution in [0.3, 0.4) is 0 Å². The number of anilines is 3. The third-order valence-electron chi connectivity index (χ3n) is 6.38. The molecule has 0 atom stereocenters. The maximum Gasteiger partial charge on any atom is 0.264 e. The van der Waals surface area contributed by atoms with Crippen LogP contribution in [0.1, 0.15) is 18.1 Å². The molecule has 2 N–H and O–H groups in total. The molecule has 4 aromatic carbocycles. The predicted octanol–water partition coefficient (Wildman–Crippen LogP) is 5.35.